The summed E-state index contributed by atoms with van der Waals surface area (Å²) in [7, 11) is 0. The minimum atomic E-state index is -0.629. The molecule has 114 valence electrons. The molecule has 0 aliphatic rings. The van der Waals surface area contributed by atoms with Crippen molar-refractivity contribution >= 4 is 5.91 Å². The van der Waals surface area contributed by atoms with Gasteiger partial charge < -0.3 is 9.64 Å². The largest absolute Gasteiger partial charge is 0.494 e. The van der Waals surface area contributed by atoms with Crippen molar-refractivity contribution in [2.45, 2.75) is 34.1 Å². The summed E-state index contributed by atoms with van der Waals surface area (Å²) >= 11 is 0. The maximum atomic E-state index is 12.1. The fourth-order valence-electron chi connectivity index (χ4n) is 2.31. The van der Waals surface area contributed by atoms with Gasteiger partial charge in [0.05, 0.1) is 12.7 Å². The topological polar surface area (TPSA) is 53.3 Å². The van der Waals surface area contributed by atoms with Gasteiger partial charge in [0.1, 0.15) is 11.7 Å². The Labute approximate surface area is 127 Å². The fourth-order valence-corrected chi connectivity index (χ4v) is 2.31. The molecule has 4 nitrogen and oxygen atoms in total. The molecule has 21 heavy (non-hydrogen) atoms. The summed E-state index contributed by atoms with van der Waals surface area (Å²) in [5.41, 5.74) is 2.28. The quantitative estimate of drug-likeness (QED) is 0.774. The van der Waals surface area contributed by atoms with Crippen molar-refractivity contribution in [2.24, 2.45) is 5.92 Å². The average molecular weight is 288 g/mol. The van der Waals surface area contributed by atoms with E-state index in [1.165, 1.54) is 0 Å². The number of nitriles is 1. The standard InChI is InChI=1S/C17H24N2O2/c1-5-19(6-2)17(20)15(12-18)7-8-21-16-10-13(3)9-14(4)11-16/h9-11,15H,5-8H2,1-4H3. The first-order valence-electron chi connectivity index (χ1n) is 7.41. The zero-order valence-electron chi connectivity index (χ0n) is 13.3. The summed E-state index contributed by atoms with van der Waals surface area (Å²) in [5.74, 6) is 0.0572. The number of carbonyl (C=O) groups excluding carboxylic acids is 1. The van der Waals surface area contributed by atoms with E-state index in [1.54, 1.807) is 4.90 Å². The fraction of sp³-hybridized carbons (Fsp3) is 0.529. The second kappa shape index (κ2) is 8.31. The third-order valence-electron chi connectivity index (χ3n) is 3.40. The number of hydrogen-bond acceptors (Lipinski definition) is 3. The van der Waals surface area contributed by atoms with E-state index in [1.807, 2.05) is 39.8 Å². The summed E-state index contributed by atoms with van der Waals surface area (Å²) in [4.78, 5) is 13.8. The molecule has 0 radical (unpaired) electrons. The Morgan fingerprint density at radius 2 is 1.81 bits per heavy atom. The number of amides is 1. The van der Waals surface area contributed by atoms with E-state index in [9.17, 15) is 4.79 Å². The van der Waals surface area contributed by atoms with E-state index in [0.29, 0.717) is 26.1 Å². The van der Waals surface area contributed by atoms with Crippen molar-refractivity contribution in [2.75, 3.05) is 19.7 Å². The number of carbonyl (C=O) groups is 1. The molecule has 0 aromatic heterocycles. The van der Waals surface area contributed by atoms with Crippen LogP contribution in [-0.4, -0.2) is 30.5 Å². The van der Waals surface area contributed by atoms with Crippen LogP contribution < -0.4 is 4.74 Å². The van der Waals surface area contributed by atoms with Crippen LogP contribution in [0.3, 0.4) is 0 Å². The van der Waals surface area contributed by atoms with Crippen LogP contribution in [0.2, 0.25) is 0 Å². The highest BCUT2D eigenvalue weighted by Crippen LogP contribution is 2.17. The Kier molecular flexibility index (Phi) is 6.74. The number of rotatable bonds is 7. The molecule has 1 aromatic rings. The lowest BCUT2D eigenvalue weighted by molar-refractivity contribution is -0.133. The van der Waals surface area contributed by atoms with Crippen LogP contribution in [0.15, 0.2) is 18.2 Å². The second-order valence-electron chi connectivity index (χ2n) is 5.15. The average Bonchev–Trinajstić information content (AvgIpc) is 2.43. The van der Waals surface area contributed by atoms with Crippen LogP contribution in [0.1, 0.15) is 31.4 Å². The molecule has 1 aromatic carbocycles. The molecule has 1 amide bonds. The molecule has 0 bridgehead atoms. The molecule has 0 saturated carbocycles. The smallest absolute Gasteiger partial charge is 0.240 e. The number of aryl methyl sites for hydroxylation is 2. The van der Waals surface area contributed by atoms with Crippen LogP contribution >= 0.6 is 0 Å². The Hall–Kier alpha value is -2.02. The highest BCUT2D eigenvalue weighted by molar-refractivity contribution is 5.81. The van der Waals surface area contributed by atoms with Crippen molar-refractivity contribution in [1.82, 2.24) is 4.90 Å². The zero-order chi connectivity index (χ0) is 15.8. The van der Waals surface area contributed by atoms with E-state index < -0.39 is 5.92 Å². The van der Waals surface area contributed by atoms with Gasteiger partial charge in [0.25, 0.3) is 0 Å². The van der Waals surface area contributed by atoms with Gasteiger partial charge in [-0.1, -0.05) is 6.07 Å². The summed E-state index contributed by atoms with van der Waals surface area (Å²) in [6.45, 7) is 9.50. The predicted molar refractivity (Wildman–Crippen MR) is 83.1 cm³/mol. The van der Waals surface area contributed by atoms with Crippen molar-refractivity contribution in [3.05, 3.63) is 29.3 Å². The Morgan fingerprint density at radius 3 is 2.29 bits per heavy atom. The maximum Gasteiger partial charge on any atom is 0.240 e. The first-order chi connectivity index (χ1) is 10.0. The van der Waals surface area contributed by atoms with Gasteiger partial charge in [-0.25, -0.2) is 0 Å². The Morgan fingerprint density at radius 1 is 1.24 bits per heavy atom. The van der Waals surface area contributed by atoms with Crippen LogP contribution in [0.5, 0.6) is 5.75 Å². The van der Waals surface area contributed by atoms with E-state index >= 15 is 0 Å². The van der Waals surface area contributed by atoms with Gasteiger partial charge >= 0.3 is 0 Å². The molecule has 1 rings (SSSR count). The first kappa shape index (κ1) is 17.0. The summed E-state index contributed by atoms with van der Waals surface area (Å²) in [6.07, 6.45) is 0.415. The number of ether oxygens (including phenoxy) is 1. The van der Waals surface area contributed by atoms with E-state index in [4.69, 9.17) is 10.00 Å². The van der Waals surface area contributed by atoms with Gasteiger partial charge in [-0.2, -0.15) is 5.26 Å². The van der Waals surface area contributed by atoms with Gasteiger partial charge in [0.2, 0.25) is 5.91 Å². The molecule has 0 aliphatic heterocycles. The van der Waals surface area contributed by atoms with E-state index in [-0.39, 0.29) is 5.91 Å². The normalized spacial score (nSPS) is 11.6. The van der Waals surface area contributed by atoms with Gasteiger partial charge in [0.15, 0.2) is 0 Å². The lowest BCUT2D eigenvalue weighted by atomic mass is 10.1. The number of hydrogen-bond donors (Lipinski definition) is 0. The van der Waals surface area contributed by atoms with Gasteiger partial charge in [0, 0.05) is 19.5 Å². The number of benzene rings is 1. The highest BCUT2D eigenvalue weighted by Gasteiger charge is 2.22. The third kappa shape index (κ3) is 5.11. The van der Waals surface area contributed by atoms with Crippen molar-refractivity contribution in [3.8, 4) is 11.8 Å². The van der Waals surface area contributed by atoms with Crippen LogP contribution in [0.4, 0.5) is 0 Å². The molecule has 0 spiro atoms. The molecular formula is C17H24N2O2. The van der Waals surface area contributed by atoms with Crippen molar-refractivity contribution < 1.29 is 9.53 Å². The van der Waals surface area contributed by atoms with Crippen LogP contribution in [-0.2, 0) is 4.79 Å². The monoisotopic (exact) mass is 288 g/mol. The van der Waals surface area contributed by atoms with Gasteiger partial charge in [-0.05, 0) is 51.0 Å². The SMILES string of the molecule is CCN(CC)C(=O)C(C#N)CCOc1cc(C)cc(C)c1. The van der Waals surface area contributed by atoms with Gasteiger partial charge in [-0.3, -0.25) is 4.79 Å². The highest BCUT2D eigenvalue weighted by atomic mass is 16.5. The predicted octanol–water partition coefficient (Wildman–Crippen LogP) is 3.08. The lowest BCUT2D eigenvalue weighted by Gasteiger charge is -2.21. The minimum absolute atomic E-state index is 0.105. The molecule has 0 saturated heterocycles. The summed E-state index contributed by atoms with van der Waals surface area (Å²) in [6, 6.07) is 8.08. The second-order valence-corrected chi connectivity index (χ2v) is 5.15. The third-order valence-corrected chi connectivity index (χ3v) is 3.40. The number of nitrogens with zero attached hydrogens (tertiary/aromatic N) is 2. The summed E-state index contributed by atoms with van der Waals surface area (Å²) in [5, 5.41) is 9.17. The molecule has 1 atom stereocenters. The molecule has 0 aliphatic carbocycles. The lowest BCUT2D eigenvalue weighted by Crippen LogP contribution is -2.36. The molecule has 0 fully saturated rings. The van der Waals surface area contributed by atoms with E-state index in [0.717, 1.165) is 16.9 Å². The van der Waals surface area contributed by atoms with Crippen LogP contribution in [0.25, 0.3) is 0 Å². The van der Waals surface area contributed by atoms with Crippen LogP contribution in [0, 0.1) is 31.1 Å². The zero-order valence-corrected chi connectivity index (χ0v) is 13.3. The minimum Gasteiger partial charge on any atom is -0.494 e. The van der Waals surface area contributed by atoms with Crippen molar-refractivity contribution in [1.29, 1.82) is 5.26 Å². The first-order valence-corrected chi connectivity index (χ1v) is 7.41. The Balaban J connectivity index is 2.56. The summed E-state index contributed by atoms with van der Waals surface area (Å²) < 4.78 is 5.68. The maximum absolute atomic E-state index is 12.1. The molecule has 4 heteroatoms. The molecular weight excluding hydrogens is 264 g/mol. The molecule has 1 unspecified atom stereocenters. The van der Waals surface area contributed by atoms with Gasteiger partial charge in [-0.15, -0.1) is 0 Å². The van der Waals surface area contributed by atoms with Crippen molar-refractivity contribution in [3.63, 3.8) is 0 Å². The Bertz CT molecular complexity index is 496. The van der Waals surface area contributed by atoms with E-state index in [2.05, 4.69) is 12.1 Å². The molecule has 0 N–H and O–H groups in total. The molecule has 0 heterocycles.